The first-order valence-corrected chi connectivity index (χ1v) is 7.57. The van der Waals surface area contributed by atoms with Crippen molar-refractivity contribution in [3.63, 3.8) is 0 Å². The van der Waals surface area contributed by atoms with Crippen LogP contribution in [0.4, 0.5) is 23.2 Å². The van der Waals surface area contributed by atoms with E-state index in [1.165, 1.54) is 19.2 Å². The highest BCUT2D eigenvalue weighted by molar-refractivity contribution is 6.05. The van der Waals surface area contributed by atoms with E-state index in [1.807, 2.05) is 0 Å². The zero-order chi connectivity index (χ0) is 19.8. The van der Waals surface area contributed by atoms with Crippen LogP contribution in [0.2, 0.25) is 0 Å². The summed E-state index contributed by atoms with van der Waals surface area (Å²) in [5, 5.41) is 2.18. The van der Waals surface area contributed by atoms with Crippen LogP contribution in [0, 0.1) is 5.82 Å². The molecule has 3 rings (SSSR count). The molecule has 5 nitrogen and oxygen atoms in total. The predicted octanol–water partition coefficient (Wildman–Crippen LogP) is 3.95. The molecule has 0 saturated carbocycles. The van der Waals surface area contributed by atoms with Gasteiger partial charge in [0.1, 0.15) is 17.1 Å². The number of alkyl halides is 3. The van der Waals surface area contributed by atoms with Crippen molar-refractivity contribution in [2.45, 2.75) is 6.18 Å². The van der Waals surface area contributed by atoms with Gasteiger partial charge >= 0.3 is 6.18 Å². The van der Waals surface area contributed by atoms with E-state index in [0.29, 0.717) is 5.52 Å². The van der Waals surface area contributed by atoms with Crippen LogP contribution in [0.5, 0.6) is 5.75 Å². The van der Waals surface area contributed by atoms with Crippen LogP contribution in [-0.4, -0.2) is 18.0 Å². The van der Waals surface area contributed by atoms with Crippen molar-refractivity contribution in [1.29, 1.82) is 0 Å². The molecule has 2 aromatic carbocycles. The van der Waals surface area contributed by atoms with Crippen molar-refractivity contribution >= 4 is 22.5 Å². The summed E-state index contributed by atoms with van der Waals surface area (Å²) < 4.78 is 57.1. The van der Waals surface area contributed by atoms with E-state index in [2.05, 4.69) is 10.3 Å². The number of aromatic nitrogens is 1. The molecule has 0 saturated heterocycles. The van der Waals surface area contributed by atoms with Gasteiger partial charge in [-0.1, -0.05) is 0 Å². The first-order chi connectivity index (χ1) is 12.7. The molecule has 1 amide bonds. The van der Waals surface area contributed by atoms with E-state index in [0.717, 1.165) is 30.5 Å². The first kappa shape index (κ1) is 18.4. The Morgan fingerprint density at radius 1 is 1.15 bits per heavy atom. The van der Waals surface area contributed by atoms with Crippen molar-refractivity contribution in [2.24, 2.45) is 0 Å². The fourth-order valence-electron chi connectivity index (χ4n) is 2.51. The molecule has 140 valence electrons. The molecule has 1 aromatic heterocycles. The summed E-state index contributed by atoms with van der Waals surface area (Å²) in [5.74, 6) is -1.72. The van der Waals surface area contributed by atoms with Crippen molar-refractivity contribution in [2.75, 3.05) is 12.4 Å². The summed E-state index contributed by atoms with van der Waals surface area (Å²) in [6.07, 6.45) is -3.53. The quantitative estimate of drug-likeness (QED) is 0.676. The van der Waals surface area contributed by atoms with E-state index >= 15 is 0 Å². The molecule has 0 fully saturated rings. The Hall–Kier alpha value is -3.36. The van der Waals surface area contributed by atoms with E-state index in [4.69, 9.17) is 4.74 Å². The van der Waals surface area contributed by atoms with Crippen LogP contribution in [0.3, 0.4) is 0 Å². The number of ether oxygens (including phenoxy) is 1. The molecule has 0 atom stereocenters. The summed E-state index contributed by atoms with van der Waals surface area (Å²) in [4.78, 5) is 27.5. The minimum atomic E-state index is -4.65. The zero-order valence-corrected chi connectivity index (χ0v) is 13.8. The standard InChI is InChI=1S/C18H12F4N2O3/c1-27-12-5-9(18(20,21)22)4-11(7-12)24-17(26)14-8-23-15-3-2-10(19)6-13(15)16(14)25/h2-8H,1H3,(H,23,25)(H,24,26). The van der Waals surface area contributed by atoms with Gasteiger partial charge in [0.05, 0.1) is 12.7 Å². The van der Waals surface area contributed by atoms with Crippen LogP contribution < -0.4 is 15.5 Å². The van der Waals surface area contributed by atoms with E-state index < -0.39 is 28.9 Å². The molecule has 0 aliphatic carbocycles. The third-order valence-corrected chi connectivity index (χ3v) is 3.81. The van der Waals surface area contributed by atoms with Crippen molar-refractivity contribution in [3.8, 4) is 5.75 Å². The number of methoxy groups -OCH3 is 1. The van der Waals surface area contributed by atoms with Crippen LogP contribution in [0.25, 0.3) is 10.9 Å². The number of aromatic amines is 1. The maximum Gasteiger partial charge on any atom is 0.416 e. The van der Waals surface area contributed by atoms with E-state index in [9.17, 15) is 27.2 Å². The second-order valence-electron chi connectivity index (χ2n) is 5.62. The lowest BCUT2D eigenvalue weighted by Gasteiger charge is -2.12. The smallest absolute Gasteiger partial charge is 0.416 e. The Morgan fingerprint density at radius 3 is 2.56 bits per heavy atom. The number of hydrogen-bond acceptors (Lipinski definition) is 3. The highest BCUT2D eigenvalue weighted by atomic mass is 19.4. The van der Waals surface area contributed by atoms with Crippen LogP contribution in [0.1, 0.15) is 15.9 Å². The Kier molecular flexibility index (Phi) is 4.61. The number of pyridine rings is 1. The molecule has 27 heavy (non-hydrogen) atoms. The normalized spacial score (nSPS) is 11.4. The molecule has 0 spiro atoms. The van der Waals surface area contributed by atoms with Gasteiger partial charge in [0.25, 0.3) is 5.91 Å². The summed E-state index contributed by atoms with van der Waals surface area (Å²) in [6.45, 7) is 0. The van der Waals surface area contributed by atoms with Gasteiger partial charge in [0, 0.05) is 28.9 Å². The second-order valence-corrected chi connectivity index (χ2v) is 5.62. The van der Waals surface area contributed by atoms with Gasteiger partial charge in [-0.3, -0.25) is 9.59 Å². The largest absolute Gasteiger partial charge is 0.497 e. The number of carbonyl (C=O) groups excluding carboxylic acids is 1. The second kappa shape index (κ2) is 6.75. The topological polar surface area (TPSA) is 71.2 Å². The number of fused-ring (bicyclic) bond motifs is 1. The molecule has 3 aromatic rings. The molecule has 0 radical (unpaired) electrons. The molecule has 0 aliphatic heterocycles. The number of anilines is 1. The number of halogens is 4. The number of H-pyrrole nitrogens is 1. The summed E-state index contributed by atoms with van der Waals surface area (Å²) in [6, 6.07) is 6.13. The van der Waals surface area contributed by atoms with E-state index in [-0.39, 0.29) is 22.4 Å². The molecule has 1 heterocycles. The van der Waals surface area contributed by atoms with Gasteiger partial charge in [-0.15, -0.1) is 0 Å². The first-order valence-electron chi connectivity index (χ1n) is 7.57. The highest BCUT2D eigenvalue weighted by Gasteiger charge is 2.31. The van der Waals surface area contributed by atoms with Gasteiger partial charge in [-0.2, -0.15) is 13.2 Å². The number of nitrogens with one attached hydrogen (secondary N) is 2. The molecule has 0 unspecified atom stereocenters. The van der Waals surface area contributed by atoms with Gasteiger partial charge in [-0.25, -0.2) is 4.39 Å². The van der Waals surface area contributed by atoms with Gasteiger partial charge < -0.3 is 15.0 Å². The number of carbonyl (C=O) groups is 1. The number of rotatable bonds is 3. The molecular weight excluding hydrogens is 368 g/mol. The molecular formula is C18H12F4N2O3. The van der Waals surface area contributed by atoms with Crippen molar-refractivity contribution in [3.05, 3.63) is 69.8 Å². The average molecular weight is 380 g/mol. The molecule has 2 N–H and O–H groups in total. The van der Waals surface area contributed by atoms with E-state index in [1.54, 1.807) is 0 Å². The maximum atomic E-state index is 13.4. The Morgan fingerprint density at radius 2 is 1.89 bits per heavy atom. The Labute approximate surface area is 149 Å². The van der Waals surface area contributed by atoms with Gasteiger partial charge in [0.2, 0.25) is 5.43 Å². The SMILES string of the molecule is COc1cc(NC(=O)c2c[nH]c3ccc(F)cc3c2=O)cc(C(F)(F)F)c1. The van der Waals surface area contributed by atoms with Crippen LogP contribution in [0.15, 0.2) is 47.4 Å². The maximum absolute atomic E-state index is 13.4. The lowest BCUT2D eigenvalue weighted by atomic mass is 10.1. The third-order valence-electron chi connectivity index (χ3n) is 3.81. The average Bonchev–Trinajstić information content (AvgIpc) is 2.61. The zero-order valence-electron chi connectivity index (χ0n) is 13.8. The van der Waals surface area contributed by atoms with Crippen molar-refractivity contribution < 1.29 is 27.1 Å². The van der Waals surface area contributed by atoms with Crippen molar-refractivity contribution in [1.82, 2.24) is 4.98 Å². The fraction of sp³-hybridized carbons (Fsp3) is 0.111. The van der Waals surface area contributed by atoms with Gasteiger partial charge in [-0.05, 0) is 30.3 Å². The fourth-order valence-corrected chi connectivity index (χ4v) is 2.51. The van der Waals surface area contributed by atoms with Crippen LogP contribution in [-0.2, 0) is 6.18 Å². The number of amides is 1. The summed E-state index contributed by atoms with van der Waals surface area (Å²) in [7, 11) is 1.18. The molecule has 9 heteroatoms. The lowest BCUT2D eigenvalue weighted by molar-refractivity contribution is -0.137. The Balaban J connectivity index is 2.00. The minimum absolute atomic E-state index is 0.0516. The minimum Gasteiger partial charge on any atom is -0.497 e. The van der Waals surface area contributed by atoms with Gasteiger partial charge in [0.15, 0.2) is 0 Å². The predicted molar refractivity (Wildman–Crippen MR) is 90.5 cm³/mol. The Bertz CT molecular complexity index is 1090. The third kappa shape index (κ3) is 3.76. The summed E-state index contributed by atoms with van der Waals surface area (Å²) in [5.41, 5.74) is -2.03. The lowest BCUT2D eigenvalue weighted by Crippen LogP contribution is -2.22. The highest BCUT2D eigenvalue weighted by Crippen LogP contribution is 2.34. The number of hydrogen-bond donors (Lipinski definition) is 2. The summed E-state index contributed by atoms with van der Waals surface area (Å²) >= 11 is 0. The molecule has 0 bridgehead atoms. The molecule has 0 aliphatic rings. The van der Waals surface area contributed by atoms with Crippen LogP contribution >= 0.6 is 0 Å². The number of benzene rings is 2. The monoisotopic (exact) mass is 380 g/mol.